The largest absolute Gasteiger partial charge is 0.481 e. The van der Waals surface area contributed by atoms with E-state index >= 15 is 0 Å². The zero-order valence-corrected chi connectivity index (χ0v) is 30.5. The van der Waals surface area contributed by atoms with Crippen LogP contribution in [0, 0.1) is 17.8 Å². The van der Waals surface area contributed by atoms with Gasteiger partial charge in [-0.2, -0.15) is 0 Å². The lowest BCUT2D eigenvalue weighted by molar-refractivity contribution is -0.935. The number of carbonyl (C=O) groups is 3. The van der Waals surface area contributed by atoms with Crippen LogP contribution in [0.1, 0.15) is 175 Å². The summed E-state index contributed by atoms with van der Waals surface area (Å²) in [6, 6.07) is 0. The molecule has 0 rings (SSSR count). The summed E-state index contributed by atoms with van der Waals surface area (Å²) in [5.74, 6) is -4.54. The molecule has 0 heterocycles. The van der Waals surface area contributed by atoms with Crippen LogP contribution >= 0.6 is 0 Å². The average Bonchev–Trinajstić information content (AvgIpc) is 3.03. The van der Waals surface area contributed by atoms with E-state index in [0.717, 1.165) is 38.5 Å². The Kier molecular flexibility index (Phi) is 28.1. The molecule has 0 aromatic rings. The van der Waals surface area contributed by atoms with Crippen LogP contribution in [0.25, 0.3) is 0 Å². The Bertz CT molecular complexity index is 738. The van der Waals surface area contributed by atoms with Crippen molar-refractivity contribution in [3.63, 3.8) is 0 Å². The van der Waals surface area contributed by atoms with E-state index in [4.69, 9.17) is 0 Å². The van der Waals surface area contributed by atoms with E-state index in [1.54, 1.807) is 0 Å². The first kappa shape index (κ1) is 44.1. The van der Waals surface area contributed by atoms with Gasteiger partial charge in [-0.3, -0.25) is 14.4 Å². The molecule has 3 unspecified atom stereocenters. The minimum Gasteiger partial charge on any atom is -0.481 e. The fourth-order valence-electron chi connectivity index (χ4n) is 6.80. The van der Waals surface area contributed by atoms with E-state index < -0.39 is 35.7 Å². The molecule has 0 spiro atoms. The Balaban J connectivity index is 4.48. The second-order valence-electron chi connectivity index (χ2n) is 14.0. The second-order valence-corrected chi connectivity index (χ2v) is 14.0. The minimum atomic E-state index is -0.891. The van der Waals surface area contributed by atoms with Gasteiger partial charge in [0.1, 0.15) is 17.8 Å². The lowest BCUT2D eigenvalue weighted by atomic mass is 9.95. The molecular formula is C39H74NO6+. The third kappa shape index (κ3) is 22.6. The van der Waals surface area contributed by atoms with E-state index in [1.807, 2.05) is 20.8 Å². The van der Waals surface area contributed by atoms with Gasteiger partial charge in [0.05, 0.1) is 26.2 Å². The molecule has 0 aromatic carbocycles. The van der Waals surface area contributed by atoms with Gasteiger partial charge in [0.2, 0.25) is 0 Å². The zero-order chi connectivity index (χ0) is 34.5. The summed E-state index contributed by atoms with van der Waals surface area (Å²) in [4.78, 5) is 36.0. The van der Waals surface area contributed by atoms with Gasteiger partial charge >= 0.3 is 17.9 Å². The van der Waals surface area contributed by atoms with Gasteiger partial charge in [0.15, 0.2) is 0 Å². The first-order valence-corrected chi connectivity index (χ1v) is 19.3. The lowest BCUT2D eigenvalue weighted by Crippen LogP contribution is -2.58. The fraction of sp³-hybridized carbons (Fsp3) is 0.872. The van der Waals surface area contributed by atoms with Crippen molar-refractivity contribution in [2.75, 3.05) is 26.2 Å². The molecule has 7 nitrogen and oxygen atoms in total. The summed E-state index contributed by atoms with van der Waals surface area (Å²) >= 11 is 0. The topological polar surface area (TPSA) is 112 Å². The Hall–Kier alpha value is -1.89. The monoisotopic (exact) mass is 653 g/mol. The molecule has 0 radical (unpaired) electrons. The van der Waals surface area contributed by atoms with Crippen molar-refractivity contribution in [3.05, 3.63) is 12.2 Å². The number of nitrogens with zero attached hydrogens (tertiary/aromatic N) is 1. The zero-order valence-electron chi connectivity index (χ0n) is 30.5. The van der Waals surface area contributed by atoms with E-state index in [9.17, 15) is 29.7 Å². The highest BCUT2D eigenvalue weighted by Gasteiger charge is 2.40. The molecule has 3 N–H and O–H groups in total. The second kappa shape index (κ2) is 29.3. The smallest absolute Gasteiger partial charge is 0.312 e. The van der Waals surface area contributed by atoms with Crippen LogP contribution < -0.4 is 0 Å². The number of rotatable bonds is 34. The fourth-order valence-corrected chi connectivity index (χ4v) is 6.80. The molecule has 0 amide bonds. The maximum absolute atomic E-state index is 12.0. The third-order valence-electron chi connectivity index (χ3n) is 9.99. The van der Waals surface area contributed by atoms with Gasteiger partial charge in [-0.15, -0.1) is 0 Å². The maximum atomic E-state index is 12.0. The van der Waals surface area contributed by atoms with Crippen molar-refractivity contribution in [3.8, 4) is 0 Å². The summed E-state index contributed by atoms with van der Waals surface area (Å²) in [5, 5.41) is 29.5. The third-order valence-corrected chi connectivity index (χ3v) is 9.99. The van der Waals surface area contributed by atoms with Crippen LogP contribution in [0.2, 0.25) is 0 Å². The molecule has 3 atom stereocenters. The molecule has 0 saturated carbocycles. The quantitative estimate of drug-likeness (QED) is 0.0362. The van der Waals surface area contributed by atoms with Crippen molar-refractivity contribution < 1.29 is 34.2 Å². The van der Waals surface area contributed by atoms with Crippen LogP contribution in [-0.2, 0) is 14.4 Å². The van der Waals surface area contributed by atoms with Gasteiger partial charge in [0, 0.05) is 0 Å². The van der Waals surface area contributed by atoms with Crippen molar-refractivity contribution in [1.29, 1.82) is 0 Å². The van der Waals surface area contributed by atoms with Gasteiger partial charge in [-0.1, -0.05) is 130 Å². The van der Waals surface area contributed by atoms with E-state index in [0.29, 0.717) is 25.8 Å². The number of hydrogen-bond donors (Lipinski definition) is 3. The molecule has 0 saturated heterocycles. The molecule has 0 aromatic heterocycles. The van der Waals surface area contributed by atoms with Crippen molar-refractivity contribution >= 4 is 17.9 Å². The van der Waals surface area contributed by atoms with Crippen LogP contribution in [0.4, 0.5) is 0 Å². The summed E-state index contributed by atoms with van der Waals surface area (Å²) in [7, 11) is 0. The van der Waals surface area contributed by atoms with Crippen molar-refractivity contribution in [2.45, 2.75) is 175 Å². The van der Waals surface area contributed by atoms with E-state index in [2.05, 4.69) is 19.1 Å². The highest BCUT2D eigenvalue weighted by Crippen LogP contribution is 2.25. The Labute approximate surface area is 283 Å². The molecule has 0 aliphatic carbocycles. The molecule has 0 fully saturated rings. The lowest BCUT2D eigenvalue weighted by Gasteiger charge is -2.43. The highest BCUT2D eigenvalue weighted by atomic mass is 16.4. The molecule has 7 heteroatoms. The van der Waals surface area contributed by atoms with Gasteiger partial charge in [-0.25, -0.2) is 0 Å². The van der Waals surface area contributed by atoms with Gasteiger partial charge in [-0.05, 0) is 57.8 Å². The number of hydrogen-bond acceptors (Lipinski definition) is 3. The number of carboxylic acid groups (broad SMARTS) is 3. The van der Waals surface area contributed by atoms with E-state index in [1.165, 1.54) is 89.9 Å². The molecular weight excluding hydrogens is 578 g/mol. The van der Waals surface area contributed by atoms with Crippen molar-refractivity contribution in [2.24, 2.45) is 17.8 Å². The average molecular weight is 653 g/mol. The van der Waals surface area contributed by atoms with Gasteiger partial charge < -0.3 is 19.8 Å². The van der Waals surface area contributed by atoms with E-state index in [-0.39, 0.29) is 24.1 Å². The van der Waals surface area contributed by atoms with Crippen LogP contribution in [0.5, 0.6) is 0 Å². The molecule has 270 valence electrons. The number of aliphatic carboxylic acids is 3. The van der Waals surface area contributed by atoms with Crippen LogP contribution in [0.3, 0.4) is 0 Å². The Morgan fingerprint density at radius 1 is 0.457 bits per heavy atom. The first-order valence-electron chi connectivity index (χ1n) is 19.3. The standard InChI is InChI=1S/C39H73NO6/c1-5-9-10-11-12-13-14-15-16-17-18-19-20-21-22-23-24-25-26-27-28-29-30-40(31-34(6-2)37(41)42,32-35(7-3)38(43)44)33-36(8-4)39(45)46/h23-24,34-36H,5-22,25-33H2,1-4H3,(H2-,41,42,43,44,45,46)/p+1/b24-23+. The summed E-state index contributed by atoms with van der Waals surface area (Å²) in [6.07, 6.45) is 31.5. The summed E-state index contributed by atoms with van der Waals surface area (Å²) < 4.78 is 0.250. The summed E-state index contributed by atoms with van der Waals surface area (Å²) in [6.45, 7) is 9.24. The molecule has 0 bridgehead atoms. The molecule has 46 heavy (non-hydrogen) atoms. The van der Waals surface area contributed by atoms with Gasteiger partial charge in [0.25, 0.3) is 0 Å². The normalized spacial score (nSPS) is 15.0. The van der Waals surface area contributed by atoms with Crippen molar-refractivity contribution in [1.82, 2.24) is 0 Å². The number of carboxylic acids is 3. The predicted molar refractivity (Wildman–Crippen MR) is 191 cm³/mol. The number of quaternary nitrogens is 1. The summed E-state index contributed by atoms with van der Waals surface area (Å²) in [5.41, 5.74) is 0. The minimum absolute atomic E-state index is 0.250. The number of allylic oxidation sites excluding steroid dienone is 2. The predicted octanol–water partition coefficient (Wildman–Crippen LogP) is 10.5. The highest BCUT2D eigenvalue weighted by molar-refractivity contribution is 5.71. The first-order chi connectivity index (χ1) is 22.2. The Morgan fingerprint density at radius 3 is 1.02 bits per heavy atom. The number of unbranched alkanes of at least 4 members (excludes halogenated alkanes) is 18. The maximum Gasteiger partial charge on any atom is 0.312 e. The Morgan fingerprint density at radius 2 is 0.739 bits per heavy atom. The van der Waals surface area contributed by atoms with Crippen LogP contribution in [0.15, 0.2) is 12.2 Å². The SMILES string of the molecule is CCCCCCCCCCCCCCCC/C=C/CCCCCC[N+](CC(CC)C(=O)O)(CC(CC)C(=O)O)CC(CC)C(=O)O. The molecule has 0 aliphatic rings. The van der Waals surface area contributed by atoms with Crippen LogP contribution in [-0.4, -0.2) is 63.9 Å². The molecule has 0 aliphatic heterocycles.